The summed E-state index contributed by atoms with van der Waals surface area (Å²) in [4.78, 5) is 41.4. The monoisotopic (exact) mass is 505 g/mol. The summed E-state index contributed by atoms with van der Waals surface area (Å²) in [6, 6.07) is 5.43. The molecule has 1 aromatic rings. The zero-order valence-electron chi connectivity index (χ0n) is 20.3. The molecule has 0 unspecified atom stereocenters. The molecular formula is C25H35N3O6S. The molecule has 4 atom stereocenters. The molecule has 5 rings (SSSR count). The van der Waals surface area contributed by atoms with Crippen LogP contribution in [0, 0.1) is 11.3 Å². The number of nitrogens with zero attached hydrogens (tertiary/aromatic N) is 2. The van der Waals surface area contributed by atoms with Crippen LogP contribution in [0.2, 0.25) is 0 Å². The lowest BCUT2D eigenvalue weighted by Crippen LogP contribution is -2.57. The van der Waals surface area contributed by atoms with Crippen LogP contribution >= 0.6 is 10.8 Å². The van der Waals surface area contributed by atoms with Crippen molar-refractivity contribution in [1.82, 2.24) is 10.2 Å². The second-order valence-electron chi connectivity index (χ2n) is 10.8. The van der Waals surface area contributed by atoms with E-state index in [1.165, 1.54) is 0 Å². The number of ether oxygens (including phenoxy) is 1. The highest BCUT2D eigenvalue weighted by molar-refractivity contribution is 8.25. The summed E-state index contributed by atoms with van der Waals surface area (Å²) in [5.41, 5.74) is 0.672. The summed E-state index contributed by atoms with van der Waals surface area (Å²) >= 11 is 0. The lowest BCUT2D eigenvalue weighted by molar-refractivity contribution is -0.140. The number of likely N-dealkylation sites (tertiary alicyclic amines) is 1. The predicted molar refractivity (Wildman–Crippen MR) is 133 cm³/mol. The molecule has 192 valence electrons. The Balaban J connectivity index is 1.36. The van der Waals surface area contributed by atoms with E-state index in [2.05, 4.69) is 5.32 Å². The van der Waals surface area contributed by atoms with E-state index in [9.17, 15) is 23.5 Å². The van der Waals surface area contributed by atoms with Gasteiger partial charge in [0.2, 0.25) is 5.91 Å². The first-order valence-electron chi connectivity index (χ1n) is 12.5. The van der Waals surface area contributed by atoms with Crippen LogP contribution in [0.4, 0.5) is 5.69 Å². The van der Waals surface area contributed by atoms with Crippen molar-refractivity contribution in [3.8, 4) is 0 Å². The molecule has 0 spiro atoms. The second-order valence-corrected chi connectivity index (χ2v) is 12.9. The van der Waals surface area contributed by atoms with E-state index in [1.807, 2.05) is 13.8 Å². The molecule has 3 heterocycles. The molecule has 1 aromatic carbocycles. The Kier molecular flexibility index (Phi) is 6.36. The van der Waals surface area contributed by atoms with Crippen molar-refractivity contribution in [2.45, 2.75) is 64.1 Å². The predicted octanol–water partition coefficient (Wildman–Crippen LogP) is 3.06. The smallest absolute Gasteiger partial charge is 0.251 e. The fourth-order valence-electron chi connectivity index (χ4n) is 6.24. The number of carbonyl (C=O) groups is 3. The van der Waals surface area contributed by atoms with Gasteiger partial charge in [-0.2, -0.15) is 0 Å². The first-order valence-corrected chi connectivity index (χ1v) is 14.2. The number of nitrogens with one attached hydrogen (secondary N) is 1. The maximum Gasteiger partial charge on any atom is 0.251 e. The molecule has 0 bridgehead atoms. The van der Waals surface area contributed by atoms with E-state index in [-0.39, 0.29) is 41.6 Å². The maximum atomic E-state index is 13.9. The lowest BCUT2D eigenvalue weighted by Gasteiger charge is -2.38. The van der Waals surface area contributed by atoms with Crippen LogP contribution in [0.15, 0.2) is 24.3 Å². The normalized spacial score (nSPS) is 30.9. The van der Waals surface area contributed by atoms with Crippen LogP contribution in [0.5, 0.6) is 0 Å². The third-order valence-corrected chi connectivity index (χ3v) is 10.2. The Morgan fingerprint density at radius 1 is 1.17 bits per heavy atom. The molecule has 0 radical (unpaired) electrons. The third kappa shape index (κ3) is 4.34. The minimum absolute atomic E-state index is 0.0335. The Labute approximate surface area is 207 Å². The Morgan fingerprint density at radius 2 is 1.86 bits per heavy atom. The van der Waals surface area contributed by atoms with Crippen molar-refractivity contribution in [2.75, 3.05) is 29.8 Å². The van der Waals surface area contributed by atoms with Gasteiger partial charge < -0.3 is 15.0 Å². The molecule has 1 aliphatic carbocycles. The summed E-state index contributed by atoms with van der Waals surface area (Å²) < 4.78 is 27.7. The van der Waals surface area contributed by atoms with Gasteiger partial charge in [-0.3, -0.25) is 27.8 Å². The third-order valence-electron chi connectivity index (χ3n) is 8.24. The molecular weight excluding hydrogens is 470 g/mol. The van der Waals surface area contributed by atoms with Gasteiger partial charge in [0.25, 0.3) is 5.91 Å². The number of fused-ring (bicyclic) bond motifs is 1. The average molecular weight is 506 g/mol. The molecule has 3 N–H and O–H groups in total. The number of rotatable bonds is 5. The van der Waals surface area contributed by atoms with Gasteiger partial charge in [-0.05, 0) is 48.9 Å². The van der Waals surface area contributed by atoms with E-state index >= 15 is 0 Å². The minimum Gasteiger partial charge on any atom is -0.367 e. The van der Waals surface area contributed by atoms with Crippen LogP contribution in [0.1, 0.15) is 56.3 Å². The van der Waals surface area contributed by atoms with Gasteiger partial charge in [0.15, 0.2) is 5.78 Å². The number of carbonyl (C=O) groups excluding carboxylic acids is 3. The maximum absolute atomic E-state index is 13.9. The minimum atomic E-state index is -2.80. The van der Waals surface area contributed by atoms with E-state index in [0.717, 1.165) is 25.7 Å². The van der Waals surface area contributed by atoms with Crippen molar-refractivity contribution in [3.63, 3.8) is 0 Å². The molecule has 1 saturated carbocycles. The van der Waals surface area contributed by atoms with Crippen LogP contribution in [0.3, 0.4) is 0 Å². The first kappa shape index (κ1) is 24.5. The standard InChI is InChI=1S/C25H35N3O6S/c1-16-14-27(20-19(29)15-34-21(16)20)24(31)22(25(2)10-3-4-11-25)26-23(30)17-6-8-18(9-7-17)28-12-5-13-35(28,32)33/h6-9,16,20-22,32-33H,3-5,10-15H2,1-2H3,(H,26,30)/t16-,20-,21-,22-/m1/s1. The van der Waals surface area contributed by atoms with Crippen molar-refractivity contribution in [1.29, 1.82) is 0 Å². The fraction of sp³-hybridized carbons (Fsp3) is 0.640. The van der Waals surface area contributed by atoms with Crippen molar-refractivity contribution in [3.05, 3.63) is 29.8 Å². The highest BCUT2D eigenvalue weighted by atomic mass is 32.3. The first-order chi connectivity index (χ1) is 16.6. The van der Waals surface area contributed by atoms with E-state index in [0.29, 0.717) is 36.5 Å². The average Bonchev–Trinajstić information content (AvgIpc) is 3.59. The summed E-state index contributed by atoms with van der Waals surface area (Å²) in [6.45, 7) is 5.08. The van der Waals surface area contributed by atoms with Crippen LogP contribution in [-0.2, 0) is 14.3 Å². The number of hydrogen-bond donors (Lipinski definition) is 3. The zero-order valence-corrected chi connectivity index (χ0v) is 21.1. The van der Waals surface area contributed by atoms with Crippen molar-refractivity contribution < 1.29 is 28.2 Å². The van der Waals surface area contributed by atoms with Gasteiger partial charge in [-0.25, -0.2) is 0 Å². The number of Topliss-reactive ketones (excluding diaryl/α,β-unsaturated/α-hetero) is 1. The van der Waals surface area contributed by atoms with Crippen LogP contribution in [0.25, 0.3) is 0 Å². The Hall–Kier alpha value is -2.14. The topological polar surface area (TPSA) is 119 Å². The summed E-state index contributed by atoms with van der Waals surface area (Å²) in [5, 5.41) is 3.02. The van der Waals surface area contributed by atoms with Gasteiger partial charge in [-0.15, -0.1) is 10.8 Å². The van der Waals surface area contributed by atoms with Crippen LogP contribution < -0.4 is 9.62 Å². The largest absolute Gasteiger partial charge is 0.367 e. The van der Waals surface area contributed by atoms with Crippen molar-refractivity contribution >= 4 is 34.1 Å². The highest BCUT2D eigenvalue weighted by Crippen LogP contribution is 2.51. The Bertz CT molecular complexity index is 1010. The number of amides is 2. The van der Waals surface area contributed by atoms with E-state index in [1.54, 1.807) is 33.5 Å². The molecule has 35 heavy (non-hydrogen) atoms. The van der Waals surface area contributed by atoms with Gasteiger partial charge in [-0.1, -0.05) is 26.7 Å². The highest BCUT2D eigenvalue weighted by Gasteiger charge is 2.54. The SMILES string of the molecule is C[C@@H]1CN(C(=O)[C@@H](NC(=O)c2ccc(N3CCCS3(O)O)cc2)C2(C)CCCC2)[C@@H]2C(=O)CO[C@H]12. The number of anilines is 1. The summed E-state index contributed by atoms with van der Waals surface area (Å²) in [6.07, 6.45) is 4.09. The molecule has 10 heteroatoms. The summed E-state index contributed by atoms with van der Waals surface area (Å²) in [5.74, 6) is -0.217. The van der Waals surface area contributed by atoms with Gasteiger partial charge in [0.05, 0.1) is 17.5 Å². The molecule has 3 aliphatic heterocycles. The van der Waals surface area contributed by atoms with E-state index in [4.69, 9.17) is 4.74 Å². The summed E-state index contributed by atoms with van der Waals surface area (Å²) in [7, 11) is -2.80. The van der Waals surface area contributed by atoms with Crippen LogP contribution in [-0.4, -0.2) is 75.2 Å². The molecule has 2 amide bonds. The number of ketones is 1. The second kappa shape index (κ2) is 9.06. The van der Waals surface area contributed by atoms with Gasteiger partial charge in [0.1, 0.15) is 18.7 Å². The van der Waals surface area contributed by atoms with Crippen molar-refractivity contribution in [2.24, 2.45) is 11.3 Å². The molecule has 0 aromatic heterocycles. The van der Waals surface area contributed by atoms with Gasteiger partial charge >= 0.3 is 0 Å². The number of benzene rings is 1. The lowest BCUT2D eigenvalue weighted by atomic mass is 9.79. The zero-order chi connectivity index (χ0) is 25.0. The molecule has 3 saturated heterocycles. The number of hydrogen-bond acceptors (Lipinski definition) is 7. The van der Waals surface area contributed by atoms with E-state index < -0.39 is 22.9 Å². The Morgan fingerprint density at radius 3 is 2.49 bits per heavy atom. The quantitative estimate of drug-likeness (QED) is 0.563. The fourth-order valence-corrected chi connectivity index (χ4v) is 7.86. The molecule has 9 nitrogen and oxygen atoms in total. The van der Waals surface area contributed by atoms with Gasteiger partial charge in [0, 0.05) is 24.6 Å². The molecule has 4 aliphatic rings. The molecule has 4 fully saturated rings.